The van der Waals surface area contributed by atoms with Crippen LogP contribution in [0.2, 0.25) is 0 Å². The number of likely N-dealkylation sites (N-methyl/N-ethyl adjacent to an activating group) is 1. The Hall–Kier alpha value is -2.65. The largest absolute Gasteiger partial charge is 0.481 e. The third-order valence-corrected chi connectivity index (χ3v) is 14.1. The molecule has 1 aliphatic heterocycles. The van der Waals surface area contributed by atoms with Crippen LogP contribution in [-0.4, -0.2) is 128 Å². The molecule has 5 aliphatic carbocycles. The highest BCUT2D eigenvalue weighted by atomic mass is 16.5. The number of anilines is 1. The molecular weight excluding hydrogens is 648 g/mol. The van der Waals surface area contributed by atoms with E-state index in [1.807, 2.05) is 0 Å². The number of ether oxygens (including phenoxy) is 5. The average Bonchev–Trinajstić information content (AvgIpc) is 3.52. The Labute approximate surface area is 292 Å². The number of piperidine rings is 1. The van der Waals surface area contributed by atoms with Crippen LogP contribution in [0.4, 0.5) is 5.69 Å². The molecule has 1 aromatic rings. The minimum absolute atomic E-state index is 0.0270. The number of carboxylic acid groups (broad SMARTS) is 1. The van der Waals surface area contributed by atoms with Gasteiger partial charge in [0.15, 0.2) is 0 Å². The smallest absolute Gasteiger partial charge is 0.340 e. The maximum Gasteiger partial charge on any atom is 0.340 e. The highest BCUT2D eigenvalue weighted by Crippen LogP contribution is 2.80. The van der Waals surface area contributed by atoms with Crippen molar-refractivity contribution in [3.8, 4) is 0 Å². The van der Waals surface area contributed by atoms with Gasteiger partial charge in [0.05, 0.1) is 54.7 Å². The molecule has 1 spiro atoms. The van der Waals surface area contributed by atoms with Crippen LogP contribution in [0, 0.1) is 40.4 Å². The van der Waals surface area contributed by atoms with Gasteiger partial charge in [-0.2, -0.15) is 0 Å². The van der Waals surface area contributed by atoms with E-state index >= 15 is 0 Å². The number of methoxy groups -OCH3 is 4. The Kier molecular flexibility index (Phi) is 8.93. The van der Waals surface area contributed by atoms with Gasteiger partial charge in [-0.3, -0.25) is 14.5 Å². The van der Waals surface area contributed by atoms with E-state index in [9.17, 15) is 24.6 Å². The summed E-state index contributed by atoms with van der Waals surface area (Å²) in [7, 11) is 6.66. The van der Waals surface area contributed by atoms with E-state index in [2.05, 4.69) is 17.1 Å². The third kappa shape index (κ3) is 4.46. The number of carbonyl (C=O) groups is 3. The van der Waals surface area contributed by atoms with Gasteiger partial charge in [-0.1, -0.05) is 26.0 Å². The fraction of sp³-hybridized carbons (Fsp3) is 0.757. The van der Waals surface area contributed by atoms with Gasteiger partial charge in [-0.15, -0.1) is 0 Å². The van der Waals surface area contributed by atoms with Crippen molar-refractivity contribution in [2.45, 2.75) is 87.6 Å². The predicted molar refractivity (Wildman–Crippen MR) is 178 cm³/mol. The number of amides is 1. The molecule has 50 heavy (non-hydrogen) atoms. The van der Waals surface area contributed by atoms with E-state index < -0.39 is 57.9 Å². The molecule has 1 amide bonds. The van der Waals surface area contributed by atoms with E-state index in [-0.39, 0.29) is 72.7 Å². The number of likely N-dealkylation sites (tertiary alicyclic amines) is 1. The number of benzene rings is 1. The zero-order chi connectivity index (χ0) is 36.0. The van der Waals surface area contributed by atoms with E-state index in [1.165, 1.54) is 6.92 Å². The lowest BCUT2D eigenvalue weighted by molar-refractivity contribution is -0.320. The molecule has 6 aliphatic rings. The number of esters is 1. The second-order valence-corrected chi connectivity index (χ2v) is 15.8. The Balaban J connectivity index is 1.29. The first-order valence-corrected chi connectivity index (χ1v) is 17.9. The van der Waals surface area contributed by atoms with Crippen molar-refractivity contribution in [3.05, 3.63) is 29.8 Å². The number of para-hydroxylation sites is 1. The zero-order valence-electron chi connectivity index (χ0n) is 29.8. The lowest BCUT2D eigenvalue weighted by Crippen LogP contribution is -2.82. The second-order valence-electron chi connectivity index (χ2n) is 15.8. The minimum atomic E-state index is -1.71. The molecule has 1 heterocycles. The van der Waals surface area contributed by atoms with Crippen molar-refractivity contribution in [2.24, 2.45) is 40.4 Å². The number of carbonyl (C=O) groups excluding carboxylic acids is 2. The molecular formula is C37H52N2O11. The van der Waals surface area contributed by atoms with Crippen molar-refractivity contribution in [2.75, 3.05) is 53.5 Å². The summed E-state index contributed by atoms with van der Waals surface area (Å²) in [5.41, 5.74) is -4.20. The van der Waals surface area contributed by atoms with Gasteiger partial charge >= 0.3 is 11.9 Å². The van der Waals surface area contributed by atoms with Gasteiger partial charge in [0.1, 0.15) is 11.2 Å². The normalized spacial score (nSPS) is 44.4. The molecule has 1 aromatic carbocycles. The van der Waals surface area contributed by atoms with Crippen LogP contribution in [0.1, 0.15) is 56.3 Å². The van der Waals surface area contributed by atoms with Crippen molar-refractivity contribution in [3.63, 3.8) is 0 Å². The maximum absolute atomic E-state index is 13.9. The third-order valence-electron chi connectivity index (χ3n) is 14.1. The van der Waals surface area contributed by atoms with Crippen molar-refractivity contribution < 1.29 is 53.4 Å². The van der Waals surface area contributed by atoms with E-state index in [1.54, 1.807) is 52.7 Å². The monoisotopic (exact) mass is 700 g/mol. The van der Waals surface area contributed by atoms with Crippen LogP contribution in [0.3, 0.4) is 0 Å². The zero-order valence-corrected chi connectivity index (χ0v) is 29.8. The lowest BCUT2D eigenvalue weighted by Gasteiger charge is -2.70. The summed E-state index contributed by atoms with van der Waals surface area (Å²) in [5.74, 6) is -3.79. The van der Waals surface area contributed by atoms with E-state index in [0.717, 1.165) is 6.42 Å². The van der Waals surface area contributed by atoms with Gasteiger partial charge in [-0.25, -0.2) is 4.79 Å². The number of rotatable bonds is 12. The van der Waals surface area contributed by atoms with Crippen molar-refractivity contribution in [1.82, 2.24) is 4.90 Å². The molecule has 13 heteroatoms. The quantitative estimate of drug-likeness (QED) is 0.235. The number of nitrogens with zero attached hydrogens (tertiary/aromatic N) is 1. The Bertz CT molecular complexity index is 1530. The molecule has 276 valence electrons. The van der Waals surface area contributed by atoms with Crippen LogP contribution >= 0.6 is 0 Å². The first kappa shape index (κ1) is 35.7. The Morgan fingerprint density at radius 1 is 1.06 bits per heavy atom. The minimum Gasteiger partial charge on any atom is -0.481 e. The standard InChI is InChI=1S/C37H52N2O11/c1-7-39-17-34(18-50-32(43)20-10-8-9-11-23(20)38-31(42)19(2)14-26(40)41)13-12-25(47-4)36-22-15-21-24(46-3)16-35(44,27(22)28(21)48-5)37(45,33(36)39)30(49-6)29(34)36/h8-11,19,21-22,24-25,27-30,33,44-45H,7,12-18H2,1-6H3,(H,38,42)(H,40,41)/t19?,21?,22?,24-,25?,27?,28?,29?,30?,33?,34-,35+,36?,37-/m0/s1. The molecule has 10 unspecified atom stereocenters. The Morgan fingerprint density at radius 3 is 2.44 bits per heavy atom. The van der Waals surface area contributed by atoms with Gasteiger partial charge in [0.25, 0.3) is 0 Å². The summed E-state index contributed by atoms with van der Waals surface area (Å²) in [5, 5.41) is 38.4. The van der Waals surface area contributed by atoms with E-state index in [0.29, 0.717) is 25.9 Å². The molecule has 13 nitrogen and oxygen atoms in total. The van der Waals surface area contributed by atoms with Gasteiger partial charge in [0.2, 0.25) is 5.91 Å². The predicted octanol–water partition coefficient (Wildman–Crippen LogP) is 2.19. The number of fused-ring (bicyclic) bond motifs is 2. The van der Waals surface area contributed by atoms with Gasteiger partial charge < -0.3 is 44.3 Å². The molecule has 5 saturated carbocycles. The van der Waals surface area contributed by atoms with Crippen LogP contribution in [0.25, 0.3) is 0 Å². The SMILES string of the molecule is CCN1C[C@]2(COC(=O)c3ccccc3NC(=O)C(C)CC(=O)O)CCC(OC)C34C5CC6C(OC)C5[C@](O)(C[C@@H]6OC)[C@](O)(C(OC)C32)C14. The summed E-state index contributed by atoms with van der Waals surface area (Å²) < 4.78 is 31.3. The topological polar surface area (TPSA) is 173 Å². The number of aliphatic carboxylic acids is 1. The molecule has 7 bridgehead atoms. The summed E-state index contributed by atoms with van der Waals surface area (Å²) in [6.07, 6.45) is 0.295. The number of aliphatic hydroxyl groups is 2. The van der Waals surface area contributed by atoms with E-state index in [4.69, 9.17) is 28.8 Å². The molecule has 14 atom stereocenters. The average molecular weight is 701 g/mol. The van der Waals surface area contributed by atoms with Crippen LogP contribution < -0.4 is 5.32 Å². The van der Waals surface area contributed by atoms with Gasteiger partial charge in [0, 0.05) is 75.9 Å². The molecule has 4 N–H and O–H groups in total. The number of hydrogen-bond acceptors (Lipinski definition) is 11. The maximum atomic E-state index is 13.9. The first-order valence-electron chi connectivity index (χ1n) is 17.9. The van der Waals surface area contributed by atoms with Gasteiger partial charge in [-0.05, 0) is 43.9 Å². The summed E-state index contributed by atoms with van der Waals surface area (Å²) >= 11 is 0. The summed E-state index contributed by atoms with van der Waals surface area (Å²) in [4.78, 5) is 40.2. The fourth-order valence-electron chi connectivity index (χ4n) is 12.7. The molecule has 1 saturated heterocycles. The molecule has 6 fully saturated rings. The van der Waals surface area contributed by atoms with Crippen LogP contribution in [0.15, 0.2) is 24.3 Å². The lowest BCUT2D eigenvalue weighted by atomic mass is 9.42. The van der Waals surface area contributed by atoms with Crippen LogP contribution in [-0.2, 0) is 33.3 Å². The fourth-order valence-corrected chi connectivity index (χ4v) is 12.7. The molecule has 0 aromatic heterocycles. The summed E-state index contributed by atoms with van der Waals surface area (Å²) in [6, 6.07) is 6.05. The number of nitrogens with one attached hydrogen (secondary N) is 1. The molecule has 7 rings (SSSR count). The van der Waals surface area contributed by atoms with Crippen molar-refractivity contribution >= 4 is 23.5 Å². The number of carboxylic acids is 1. The summed E-state index contributed by atoms with van der Waals surface area (Å²) in [6.45, 7) is 4.72. The molecule has 0 radical (unpaired) electrons. The second kappa shape index (κ2) is 12.5. The van der Waals surface area contributed by atoms with Crippen LogP contribution in [0.5, 0.6) is 0 Å². The first-order chi connectivity index (χ1) is 23.8. The van der Waals surface area contributed by atoms with Crippen molar-refractivity contribution in [1.29, 1.82) is 0 Å². The number of hydrogen-bond donors (Lipinski definition) is 4. The Morgan fingerprint density at radius 2 is 1.80 bits per heavy atom. The highest BCUT2D eigenvalue weighted by Gasteiger charge is 2.91. The highest BCUT2D eigenvalue weighted by molar-refractivity contribution is 6.02.